The molecule has 2 aliphatic heterocycles. The van der Waals surface area contributed by atoms with Gasteiger partial charge in [-0.25, -0.2) is 0 Å². The fourth-order valence-corrected chi connectivity index (χ4v) is 4.59. The van der Waals surface area contributed by atoms with E-state index in [0.717, 1.165) is 25.1 Å². The number of morpholine rings is 1. The van der Waals surface area contributed by atoms with Crippen LogP contribution in [0.3, 0.4) is 0 Å². The minimum Gasteiger partial charge on any atom is -0.507 e. The Bertz CT molecular complexity index is 1090. The Balaban J connectivity index is 1.67. The normalized spacial score (nSPS) is 20.3. The molecule has 4 rings (SSSR count). The molecule has 2 fully saturated rings. The Kier molecular flexibility index (Phi) is 8.44. The van der Waals surface area contributed by atoms with Gasteiger partial charge < -0.3 is 19.5 Å². The smallest absolute Gasteiger partial charge is 0.295 e. The Hall–Kier alpha value is -3.16. The molecule has 1 amide bonds. The number of amides is 1. The number of aliphatic hydroxyl groups excluding tert-OH is 1. The summed E-state index contributed by atoms with van der Waals surface area (Å²) in [6, 6.07) is 14.3. The second-order valence-corrected chi connectivity index (χ2v) is 9.77. The minimum absolute atomic E-state index is 0.127. The maximum Gasteiger partial charge on any atom is 0.295 e. The van der Waals surface area contributed by atoms with Crippen molar-refractivity contribution in [1.29, 1.82) is 0 Å². The molecular weight excluding hydrogens is 456 g/mol. The van der Waals surface area contributed by atoms with Crippen molar-refractivity contribution in [1.82, 2.24) is 9.80 Å². The number of carbonyl (C=O) groups is 2. The third kappa shape index (κ3) is 5.79. The van der Waals surface area contributed by atoms with Gasteiger partial charge in [-0.2, -0.15) is 0 Å². The molecule has 2 aromatic carbocycles. The highest BCUT2D eigenvalue weighted by molar-refractivity contribution is 6.46. The molecule has 0 aliphatic carbocycles. The van der Waals surface area contributed by atoms with Gasteiger partial charge in [-0.1, -0.05) is 45.0 Å². The van der Waals surface area contributed by atoms with E-state index in [0.29, 0.717) is 50.1 Å². The van der Waals surface area contributed by atoms with Crippen molar-refractivity contribution in [3.05, 3.63) is 70.8 Å². The zero-order valence-electron chi connectivity index (χ0n) is 21.4. The quantitative estimate of drug-likeness (QED) is 0.323. The molecule has 2 aliphatic rings. The van der Waals surface area contributed by atoms with E-state index >= 15 is 0 Å². The van der Waals surface area contributed by atoms with Crippen LogP contribution in [0.4, 0.5) is 0 Å². The van der Waals surface area contributed by atoms with Crippen LogP contribution < -0.4 is 4.74 Å². The van der Waals surface area contributed by atoms with Gasteiger partial charge in [0.05, 0.1) is 31.4 Å². The van der Waals surface area contributed by atoms with Gasteiger partial charge in [0, 0.05) is 31.7 Å². The predicted octanol–water partition coefficient (Wildman–Crippen LogP) is 4.04. The van der Waals surface area contributed by atoms with E-state index in [1.54, 1.807) is 29.2 Å². The number of carbonyl (C=O) groups excluding carboxylic acids is 2. The average Bonchev–Trinajstić information content (AvgIpc) is 3.16. The summed E-state index contributed by atoms with van der Waals surface area (Å²) in [6.45, 7) is 10.8. The fourth-order valence-electron chi connectivity index (χ4n) is 4.59. The maximum absolute atomic E-state index is 13.3. The van der Waals surface area contributed by atoms with E-state index in [9.17, 15) is 14.7 Å². The van der Waals surface area contributed by atoms with E-state index in [2.05, 4.69) is 25.7 Å². The number of ketones is 1. The largest absolute Gasteiger partial charge is 0.507 e. The molecule has 1 unspecified atom stereocenters. The number of hydrogen-bond acceptors (Lipinski definition) is 6. The van der Waals surface area contributed by atoms with Gasteiger partial charge in [-0.3, -0.25) is 14.5 Å². The Labute approximate surface area is 213 Å². The van der Waals surface area contributed by atoms with Gasteiger partial charge in [0.25, 0.3) is 11.7 Å². The number of likely N-dealkylation sites (tertiary alicyclic amines) is 1. The molecule has 0 saturated carbocycles. The molecule has 7 nitrogen and oxygen atoms in total. The molecule has 0 radical (unpaired) electrons. The van der Waals surface area contributed by atoms with Crippen molar-refractivity contribution in [2.75, 3.05) is 46.0 Å². The molecular formula is C29H36N2O5. The van der Waals surface area contributed by atoms with Gasteiger partial charge in [0.2, 0.25) is 0 Å². The molecule has 7 heteroatoms. The zero-order chi connectivity index (χ0) is 25.7. The number of hydrogen-bond donors (Lipinski definition) is 1. The maximum atomic E-state index is 13.3. The molecule has 0 bridgehead atoms. The van der Waals surface area contributed by atoms with E-state index in [1.165, 1.54) is 5.56 Å². The highest BCUT2D eigenvalue weighted by Crippen LogP contribution is 2.39. The summed E-state index contributed by atoms with van der Waals surface area (Å²) in [5, 5.41) is 11.3. The highest BCUT2D eigenvalue weighted by atomic mass is 16.5. The third-order valence-electron chi connectivity index (χ3n) is 6.72. The zero-order valence-corrected chi connectivity index (χ0v) is 21.4. The lowest BCUT2D eigenvalue weighted by Gasteiger charge is -2.31. The van der Waals surface area contributed by atoms with Crippen LogP contribution in [0, 0.1) is 5.92 Å². The van der Waals surface area contributed by atoms with Crippen LogP contribution in [0.15, 0.2) is 54.1 Å². The number of benzene rings is 2. The van der Waals surface area contributed by atoms with Crippen molar-refractivity contribution < 1.29 is 24.2 Å². The number of Topliss-reactive ketones (excluding diaryl/α,β-unsaturated/α-hetero) is 1. The van der Waals surface area contributed by atoms with E-state index in [4.69, 9.17) is 9.47 Å². The number of rotatable bonds is 9. The predicted molar refractivity (Wildman–Crippen MR) is 139 cm³/mol. The van der Waals surface area contributed by atoms with Crippen LogP contribution in [-0.4, -0.2) is 72.6 Å². The summed E-state index contributed by atoms with van der Waals surface area (Å²) in [5.41, 5.74) is 2.59. The van der Waals surface area contributed by atoms with Crippen LogP contribution >= 0.6 is 0 Å². The lowest BCUT2D eigenvalue weighted by molar-refractivity contribution is -0.140. The topological polar surface area (TPSA) is 79.3 Å². The first-order valence-electron chi connectivity index (χ1n) is 12.8. The molecule has 0 spiro atoms. The lowest BCUT2D eigenvalue weighted by atomic mass is 9.94. The van der Waals surface area contributed by atoms with Gasteiger partial charge in [0.15, 0.2) is 0 Å². The summed E-state index contributed by atoms with van der Waals surface area (Å²) in [7, 11) is 0. The Morgan fingerprint density at radius 3 is 2.31 bits per heavy atom. The third-order valence-corrected chi connectivity index (χ3v) is 6.72. The minimum atomic E-state index is -0.654. The number of ether oxygens (including phenoxy) is 2. The highest BCUT2D eigenvalue weighted by Gasteiger charge is 2.46. The number of nitrogens with zero attached hydrogens (tertiary/aromatic N) is 2. The molecule has 2 aromatic rings. The summed E-state index contributed by atoms with van der Waals surface area (Å²) < 4.78 is 11.2. The van der Waals surface area contributed by atoms with Crippen LogP contribution in [0.1, 0.15) is 43.5 Å². The van der Waals surface area contributed by atoms with Gasteiger partial charge in [-0.15, -0.1) is 0 Å². The van der Waals surface area contributed by atoms with Crippen molar-refractivity contribution in [2.45, 2.75) is 33.2 Å². The van der Waals surface area contributed by atoms with Gasteiger partial charge >= 0.3 is 0 Å². The SMILES string of the molecule is CCc1ccc(C2/C(=C(/O)c3ccc(OCC(C)C)cc3)C(=O)C(=O)N2CCN2CCOCC2)cc1. The van der Waals surface area contributed by atoms with Crippen molar-refractivity contribution in [3.8, 4) is 5.75 Å². The van der Waals surface area contributed by atoms with Crippen LogP contribution in [0.5, 0.6) is 5.75 Å². The first-order chi connectivity index (χ1) is 17.4. The first-order valence-corrected chi connectivity index (χ1v) is 12.8. The molecule has 36 heavy (non-hydrogen) atoms. The second kappa shape index (κ2) is 11.7. The standard InChI is InChI=1S/C29H36N2O5/c1-4-21-5-7-22(8-6-21)26-25(27(32)23-9-11-24(12-10-23)36-19-20(2)3)28(33)29(34)31(26)14-13-30-15-17-35-18-16-30/h5-12,20,26,32H,4,13-19H2,1-3H3/b27-25-. The van der Waals surface area contributed by atoms with E-state index < -0.39 is 17.7 Å². The first kappa shape index (κ1) is 25.9. The molecule has 1 atom stereocenters. The number of aryl methyl sites for hydroxylation is 1. The summed E-state index contributed by atoms with van der Waals surface area (Å²) in [4.78, 5) is 30.3. The molecule has 2 heterocycles. The van der Waals surface area contributed by atoms with Crippen molar-refractivity contribution in [2.24, 2.45) is 5.92 Å². The fraction of sp³-hybridized carbons (Fsp3) is 0.448. The van der Waals surface area contributed by atoms with Crippen LogP contribution in [0.2, 0.25) is 0 Å². The lowest BCUT2D eigenvalue weighted by Crippen LogP contribution is -2.42. The molecule has 192 valence electrons. The van der Waals surface area contributed by atoms with E-state index in [-0.39, 0.29) is 11.3 Å². The number of aliphatic hydroxyl groups is 1. The summed E-state index contributed by atoms with van der Waals surface area (Å²) in [5.74, 6) is -0.309. The molecule has 0 aromatic heterocycles. The molecule has 1 N–H and O–H groups in total. The Morgan fingerprint density at radius 1 is 1.03 bits per heavy atom. The summed E-state index contributed by atoms with van der Waals surface area (Å²) >= 11 is 0. The second-order valence-electron chi connectivity index (χ2n) is 9.77. The Morgan fingerprint density at radius 2 is 1.69 bits per heavy atom. The van der Waals surface area contributed by atoms with Crippen molar-refractivity contribution in [3.63, 3.8) is 0 Å². The average molecular weight is 493 g/mol. The van der Waals surface area contributed by atoms with Crippen molar-refractivity contribution >= 4 is 17.4 Å². The molecule has 2 saturated heterocycles. The summed E-state index contributed by atoms with van der Waals surface area (Å²) in [6.07, 6.45) is 0.892. The van der Waals surface area contributed by atoms with Crippen LogP contribution in [0.25, 0.3) is 5.76 Å². The monoisotopic (exact) mass is 492 g/mol. The van der Waals surface area contributed by atoms with E-state index in [1.807, 2.05) is 24.3 Å². The van der Waals surface area contributed by atoms with Crippen LogP contribution in [-0.2, 0) is 20.7 Å². The van der Waals surface area contributed by atoms with Gasteiger partial charge in [-0.05, 0) is 47.7 Å². The van der Waals surface area contributed by atoms with Gasteiger partial charge in [0.1, 0.15) is 11.5 Å².